The van der Waals surface area contributed by atoms with Crippen molar-refractivity contribution in [2.75, 3.05) is 32.1 Å². The number of rotatable bonds is 10. The fourth-order valence-electron chi connectivity index (χ4n) is 1.32. The summed E-state index contributed by atoms with van der Waals surface area (Å²) in [5.74, 6) is 0.353. The molecule has 0 fully saturated rings. The first-order chi connectivity index (χ1) is 7.55. The van der Waals surface area contributed by atoms with Crippen LogP contribution in [-0.4, -0.2) is 40.5 Å². The van der Waals surface area contributed by atoms with Gasteiger partial charge >= 0.3 is 0 Å². The molecule has 0 bridgehead atoms. The lowest BCUT2D eigenvalue weighted by Gasteiger charge is -2.14. The molecule has 0 aliphatic carbocycles. The van der Waals surface area contributed by atoms with Gasteiger partial charge in [-0.25, -0.2) is 13.1 Å². The van der Waals surface area contributed by atoms with Crippen molar-refractivity contribution < 1.29 is 13.2 Å². The van der Waals surface area contributed by atoms with Gasteiger partial charge in [0.05, 0.1) is 12.4 Å². The molecule has 5 nitrogen and oxygen atoms in total. The van der Waals surface area contributed by atoms with Gasteiger partial charge in [0.2, 0.25) is 10.0 Å². The second-order valence-electron chi connectivity index (χ2n) is 3.72. The summed E-state index contributed by atoms with van der Waals surface area (Å²) in [6.07, 6.45) is 1.79. The molecule has 16 heavy (non-hydrogen) atoms. The zero-order chi connectivity index (χ0) is 12.4. The van der Waals surface area contributed by atoms with Crippen LogP contribution in [0.3, 0.4) is 0 Å². The standard InChI is InChI=1S/C10H24N2O3S/c1-3-10(5-6-11)9-12-16(13,14)8-7-15-4-2/h10,12H,3-9,11H2,1-2H3. The second-order valence-corrected chi connectivity index (χ2v) is 5.64. The van der Waals surface area contributed by atoms with Crippen LogP contribution in [-0.2, 0) is 14.8 Å². The molecule has 1 atom stereocenters. The van der Waals surface area contributed by atoms with E-state index in [1.165, 1.54) is 0 Å². The normalized spacial score (nSPS) is 13.9. The molecular formula is C10H24N2O3S. The molecule has 98 valence electrons. The highest BCUT2D eigenvalue weighted by Gasteiger charge is 2.12. The zero-order valence-corrected chi connectivity index (χ0v) is 11.1. The van der Waals surface area contributed by atoms with Gasteiger partial charge in [-0.05, 0) is 25.8 Å². The van der Waals surface area contributed by atoms with Crippen molar-refractivity contribution in [2.45, 2.75) is 26.7 Å². The van der Waals surface area contributed by atoms with Crippen molar-refractivity contribution in [1.82, 2.24) is 4.72 Å². The molecule has 0 spiro atoms. The minimum Gasteiger partial charge on any atom is -0.381 e. The number of ether oxygens (including phenoxy) is 1. The Morgan fingerprint density at radius 3 is 2.56 bits per heavy atom. The van der Waals surface area contributed by atoms with Crippen molar-refractivity contribution in [3.63, 3.8) is 0 Å². The van der Waals surface area contributed by atoms with Crippen molar-refractivity contribution in [1.29, 1.82) is 0 Å². The van der Waals surface area contributed by atoms with Gasteiger partial charge in [-0.3, -0.25) is 0 Å². The Morgan fingerprint density at radius 1 is 1.38 bits per heavy atom. The molecule has 0 saturated carbocycles. The molecular weight excluding hydrogens is 228 g/mol. The highest BCUT2D eigenvalue weighted by molar-refractivity contribution is 7.89. The van der Waals surface area contributed by atoms with Gasteiger partial charge in [-0.2, -0.15) is 0 Å². The van der Waals surface area contributed by atoms with Crippen LogP contribution in [0.2, 0.25) is 0 Å². The molecule has 0 radical (unpaired) electrons. The first-order valence-corrected chi connectivity index (χ1v) is 7.46. The van der Waals surface area contributed by atoms with Crippen LogP contribution in [0.15, 0.2) is 0 Å². The van der Waals surface area contributed by atoms with Crippen LogP contribution in [0.1, 0.15) is 26.7 Å². The van der Waals surface area contributed by atoms with E-state index < -0.39 is 10.0 Å². The Bertz CT molecular complexity index is 255. The lowest BCUT2D eigenvalue weighted by Crippen LogP contribution is -2.33. The monoisotopic (exact) mass is 252 g/mol. The molecule has 0 aromatic heterocycles. The van der Waals surface area contributed by atoms with E-state index in [1.54, 1.807) is 0 Å². The SMILES string of the molecule is CCOCCS(=O)(=O)NCC(CC)CCN. The smallest absolute Gasteiger partial charge is 0.213 e. The summed E-state index contributed by atoms with van der Waals surface area (Å²) in [6, 6.07) is 0. The van der Waals surface area contributed by atoms with Crippen molar-refractivity contribution in [2.24, 2.45) is 11.7 Å². The Morgan fingerprint density at radius 2 is 2.06 bits per heavy atom. The summed E-state index contributed by atoms with van der Waals surface area (Å²) in [5.41, 5.74) is 5.45. The van der Waals surface area contributed by atoms with Gasteiger partial charge in [0.15, 0.2) is 0 Å². The van der Waals surface area contributed by atoms with Crippen molar-refractivity contribution in [3.05, 3.63) is 0 Å². The van der Waals surface area contributed by atoms with E-state index in [2.05, 4.69) is 4.72 Å². The number of nitrogens with one attached hydrogen (secondary N) is 1. The van der Waals surface area contributed by atoms with Gasteiger partial charge in [0, 0.05) is 13.2 Å². The Hall–Kier alpha value is -0.170. The first kappa shape index (κ1) is 15.8. The summed E-state index contributed by atoms with van der Waals surface area (Å²) >= 11 is 0. The van der Waals surface area contributed by atoms with Crippen LogP contribution in [0, 0.1) is 5.92 Å². The molecule has 6 heteroatoms. The van der Waals surface area contributed by atoms with Gasteiger partial charge in [-0.1, -0.05) is 13.3 Å². The summed E-state index contributed by atoms with van der Waals surface area (Å²) in [6.45, 7) is 5.74. The summed E-state index contributed by atoms with van der Waals surface area (Å²) < 4.78 is 30.6. The van der Waals surface area contributed by atoms with Crippen LogP contribution >= 0.6 is 0 Å². The molecule has 0 aromatic rings. The Balaban J connectivity index is 3.87. The van der Waals surface area contributed by atoms with Crippen molar-refractivity contribution >= 4 is 10.0 Å². The van der Waals surface area contributed by atoms with E-state index in [0.717, 1.165) is 12.8 Å². The largest absolute Gasteiger partial charge is 0.381 e. The Kier molecular flexibility index (Phi) is 8.83. The van der Waals surface area contributed by atoms with E-state index >= 15 is 0 Å². The van der Waals surface area contributed by atoms with E-state index in [1.807, 2.05) is 13.8 Å². The lowest BCUT2D eigenvalue weighted by molar-refractivity contribution is 0.163. The summed E-state index contributed by atoms with van der Waals surface area (Å²) in [4.78, 5) is 0. The van der Waals surface area contributed by atoms with E-state index in [9.17, 15) is 8.42 Å². The first-order valence-electron chi connectivity index (χ1n) is 5.80. The topological polar surface area (TPSA) is 81.4 Å². The number of sulfonamides is 1. The van der Waals surface area contributed by atoms with Crippen LogP contribution in [0.25, 0.3) is 0 Å². The van der Waals surface area contributed by atoms with E-state index in [4.69, 9.17) is 10.5 Å². The highest BCUT2D eigenvalue weighted by atomic mass is 32.2. The maximum absolute atomic E-state index is 11.5. The summed E-state index contributed by atoms with van der Waals surface area (Å²) in [5, 5.41) is 0. The molecule has 1 unspecified atom stereocenters. The third-order valence-corrected chi connectivity index (χ3v) is 3.76. The maximum Gasteiger partial charge on any atom is 0.213 e. The van der Waals surface area contributed by atoms with E-state index in [0.29, 0.717) is 25.6 Å². The predicted molar refractivity (Wildman–Crippen MR) is 65.7 cm³/mol. The minimum atomic E-state index is -3.19. The summed E-state index contributed by atoms with van der Waals surface area (Å²) in [7, 11) is -3.19. The van der Waals surface area contributed by atoms with Crippen LogP contribution in [0.5, 0.6) is 0 Å². The van der Waals surface area contributed by atoms with Gasteiger partial charge < -0.3 is 10.5 Å². The minimum absolute atomic E-state index is 0.0277. The Labute approximate surface area is 98.8 Å². The molecule has 0 aliphatic heterocycles. The van der Waals surface area contributed by atoms with Crippen molar-refractivity contribution in [3.8, 4) is 0 Å². The average Bonchev–Trinajstić information content (AvgIpc) is 2.24. The quantitative estimate of drug-likeness (QED) is 0.549. The predicted octanol–water partition coefficient (Wildman–Crippen LogP) is 0.317. The fourth-order valence-corrected chi connectivity index (χ4v) is 2.29. The zero-order valence-electron chi connectivity index (χ0n) is 10.2. The maximum atomic E-state index is 11.5. The third kappa shape index (κ3) is 8.04. The number of nitrogens with two attached hydrogens (primary N) is 1. The van der Waals surface area contributed by atoms with Gasteiger partial charge in [0.1, 0.15) is 0 Å². The average molecular weight is 252 g/mol. The van der Waals surface area contributed by atoms with E-state index in [-0.39, 0.29) is 12.4 Å². The van der Waals surface area contributed by atoms with Crippen LogP contribution in [0.4, 0.5) is 0 Å². The molecule has 0 heterocycles. The fraction of sp³-hybridized carbons (Fsp3) is 1.00. The van der Waals surface area contributed by atoms with Gasteiger partial charge in [0.25, 0.3) is 0 Å². The molecule has 3 N–H and O–H groups in total. The molecule has 0 aromatic carbocycles. The number of hydrogen-bond acceptors (Lipinski definition) is 4. The molecule has 0 saturated heterocycles. The second kappa shape index (κ2) is 8.92. The lowest BCUT2D eigenvalue weighted by atomic mass is 10.0. The number of hydrogen-bond donors (Lipinski definition) is 2. The molecule has 0 amide bonds. The van der Waals surface area contributed by atoms with Crippen LogP contribution < -0.4 is 10.5 Å². The molecule has 0 rings (SSSR count). The highest BCUT2D eigenvalue weighted by Crippen LogP contribution is 2.05. The third-order valence-electron chi connectivity index (χ3n) is 2.44. The molecule has 0 aliphatic rings. The van der Waals surface area contributed by atoms with Gasteiger partial charge in [-0.15, -0.1) is 0 Å².